The molecular formula is C27H36N4O3S. The van der Waals surface area contributed by atoms with Gasteiger partial charge in [0.2, 0.25) is 11.8 Å². The molecule has 0 aliphatic carbocycles. The third-order valence-electron chi connectivity index (χ3n) is 6.55. The maximum Gasteiger partial charge on any atom is 0.243 e. The smallest absolute Gasteiger partial charge is 0.243 e. The highest BCUT2D eigenvalue weighted by molar-refractivity contribution is 7.13. The summed E-state index contributed by atoms with van der Waals surface area (Å²) in [7, 11) is 0. The summed E-state index contributed by atoms with van der Waals surface area (Å²) >= 11 is 1.61. The number of hydrogen-bond acceptors (Lipinski definition) is 6. The quantitative estimate of drug-likeness (QED) is 0.419. The lowest BCUT2D eigenvalue weighted by molar-refractivity contribution is -0.146. The van der Waals surface area contributed by atoms with Crippen molar-refractivity contribution < 1.29 is 14.4 Å². The summed E-state index contributed by atoms with van der Waals surface area (Å²) in [4.78, 5) is 46.4. The van der Waals surface area contributed by atoms with Gasteiger partial charge in [0, 0.05) is 18.3 Å². The van der Waals surface area contributed by atoms with Gasteiger partial charge in [-0.3, -0.25) is 14.4 Å². The van der Waals surface area contributed by atoms with Crippen LogP contribution in [0.15, 0.2) is 35.5 Å². The van der Waals surface area contributed by atoms with Crippen molar-refractivity contribution in [3.8, 4) is 10.4 Å². The van der Waals surface area contributed by atoms with Gasteiger partial charge in [-0.2, -0.15) is 0 Å². The van der Waals surface area contributed by atoms with Crippen LogP contribution < -0.4 is 11.1 Å². The minimum absolute atomic E-state index is 0.189. The zero-order valence-electron chi connectivity index (χ0n) is 21.4. The number of allylic oxidation sites excluding steroid dienone is 2. The molecule has 1 fully saturated rings. The Balaban J connectivity index is 1.74. The van der Waals surface area contributed by atoms with E-state index >= 15 is 0 Å². The number of benzene rings is 1. The fraction of sp³-hybridized carbons (Fsp3) is 0.481. The van der Waals surface area contributed by atoms with Gasteiger partial charge in [-0.25, -0.2) is 4.98 Å². The first-order chi connectivity index (χ1) is 16.5. The Bertz CT molecular complexity index is 1130. The SMILES string of the molecule is CC(N)=CC(=O)[C@H](C(=O)N1CCCC1C(=O)NC(C)c1ccc(-c2scnc2C)cc1C)C(C)C. The minimum Gasteiger partial charge on any atom is -0.402 e. The number of amides is 2. The third kappa shape index (κ3) is 5.99. The van der Waals surface area contributed by atoms with Crippen LogP contribution in [-0.2, 0) is 14.4 Å². The van der Waals surface area contributed by atoms with E-state index in [0.29, 0.717) is 18.7 Å². The van der Waals surface area contributed by atoms with Crippen LogP contribution in [0.3, 0.4) is 0 Å². The second kappa shape index (κ2) is 11.2. The second-order valence-corrected chi connectivity index (χ2v) is 10.6. The monoisotopic (exact) mass is 496 g/mol. The van der Waals surface area contributed by atoms with E-state index in [4.69, 9.17) is 5.73 Å². The van der Waals surface area contributed by atoms with Gasteiger partial charge in [0.25, 0.3) is 0 Å². The molecule has 2 unspecified atom stereocenters. The predicted molar refractivity (Wildman–Crippen MR) is 140 cm³/mol. The average Bonchev–Trinajstić information content (AvgIpc) is 3.41. The highest BCUT2D eigenvalue weighted by Crippen LogP contribution is 2.31. The molecule has 1 aliphatic rings. The van der Waals surface area contributed by atoms with Crippen molar-refractivity contribution in [1.82, 2.24) is 15.2 Å². The number of carbonyl (C=O) groups is 3. The zero-order chi connectivity index (χ0) is 25.9. The first-order valence-electron chi connectivity index (χ1n) is 12.1. The molecule has 0 saturated carbocycles. The first kappa shape index (κ1) is 26.6. The number of likely N-dealkylation sites (tertiary alicyclic amines) is 1. The lowest BCUT2D eigenvalue weighted by atomic mass is 9.89. The lowest BCUT2D eigenvalue weighted by Crippen LogP contribution is -2.50. The van der Waals surface area contributed by atoms with Crippen molar-refractivity contribution in [2.75, 3.05) is 6.54 Å². The van der Waals surface area contributed by atoms with Crippen LogP contribution in [0.4, 0.5) is 0 Å². The van der Waals surface area contributed by atoms with Crippen LogP contribution in [0, 0.1) is 25.7 Å². The number of ketones is 1. The number of nitrogens with two attached hydrogens (primary N) is 1. The molecule has 0 bridgehead atoms. The number of hydrogen-bond donors (Lipinski definition) is 2. The molecule has 1 aliphatic heterocycles. The van der Waals surface area contributed by atoms with E-state index in [-0.39, 0.29) is 29.6 Å². The standard InChI is InChI=1S/C27H36N4O3S/c1-15(2)24(23(32)13-17(4)28)27(34)31-11-7-8-22(31)26(33)30-18(5)21-10-9-20(12-16(21)3)25-19(6)29-14-35-25/h9-10,12-15,18,22,24H,7-8,11,28H2,1-6H3,(H,30,33)/t18?,22?,24-/m1/s1. The van der Waals surface area contributed by atoms with Crippen LogP contribution in [0.2, 0.25) is 0 Å². The van der Waals surface area contributed by atoms with Gasteiger partial charge < -0.3 is 16.0 Å². The van der Waals surface area contributed by atoms with Crippen molar-refractivity contribution in [3.05, 3.63) is 52.3 Å². The van der Waals surface area contributed by atoms with Gasteiger partial charge in [0.1, 0.15) is 12.0 Å². The molecule has 1 aromatic heterocycles. The molecule has 1 aromatic carbocycles. The molecule has 2 heterocycles. The molecule has 188 valence electrons. The first-order valence-corrected chi connectivity index (χ1v) is 13.0. The van der Waals surface area contributed by atoms with E-state index in [1.54, 1.807) is 23.2 Å². The molecule has 7 nitrogen and oxygen atoms in total. The summed E-state index contributed by atoms with van der Waals surface area (Å²) in [6.45, 7) is 11.8. The number of carbonyl (C=O) groups excluding carboxylic acids is 3. The number of aryl methyl sites for hydroxylation is 2. The van der Waals surface area contributed by atoms with Gasteiger partial charge in [-0.1, -0.05) is 32.0 Å². The van der Waals surface area contributed by atoms with E-state index in [0.717, 1.165) is 33.7 Å². The van der Waals surface area contributed by atoms with E-state index in [1.807, 2.05) is 46.2 Å². The topological polar surface area (TPSA) is 105 Å². The molecule has 0 spiro atoms. The zero-order valence-corrected chi connectivity index (χ0v) is 22.2. The molecule has 35 heavy (non-hydrogen) atoms. The van der Waals surface area contributed by atoms with Crippen LogP contribution in [0.25, 0.3) is 10.4 Å². The second-order valence-electron chi connectivity index (χ2n) is 9.77. The molecule has 2 amide bonds. The van der Waals surface area contributed by atoms with Gasteiger partial charge >= 0.3 is 0 Å². The largest absolute Gasteiger partial charge is 0.402 e. The number of aromatic nitrogens is 1. The fourth-order valence-corrected chi connectivity index (χ4v) is 5.60. The maximum atomic E-state index is 13.4. The molecule has 3 atom stereocenters. The van der Waals surface area contributed by atoms with Gasteiger partial charge in [0.05, 0.1) is 22.1 Å². The molecule has 8 heteroatoms. The summed E-state index contributed by atoms with van der Waals surface area (Å²) in [5, 5.41) is 3.10. The van der Waals surface area contributed by atoms with Gasteiger partial charge in [0.15, 0.2) is 5.78 Å². The molecule has 2 aromatic rings. The molecule has 3 N–H and O–H groups in total. The Labute approximate surface area is 211 Å². The third-order valence-corrected chi connectivity index (χ3v) is 7.53. The molecular weight excluding hydrogens is 460 g/mol. The van der Waals surface area contributed by atoms with E-state index in [1.165, 1.54) is 6.08 Å². The molecule has 1 saturated heterocycles. The van der Waals surface area contributed by atoms with Gasteiger partial charge in [-0.15, -0.1) is 11.3 Å². The highest BCUT2D eigenvalue weighted by Gasteiger charge is 2.40. The summed E-state index contributed by atoms with van der Waals surface area (Å²) in [6.07, 6.45) is 2.62. The van der Waals surface area contributed by atoms with Crippen molar-refractivity contribution in [2.24, 2.45) is 17.6 Å². The average molecular weight is 497 g/mol. The normalized spacial score (nSPS) is 18.0. The van der Waals surface area contributed by atoms with Crippen LogP contribution >= 0.6 is 11.3 Å². The van der Waals surface area contributed by atoms with Crippen molar-refractivity contribution in [3.63, 3.8) is 0 Å². The van der Waals surface area contributed by atoms with E-state index in [2.05, 4.69) is 22.4 Å². The summed E-state index contributed by atoms with van der Waals surface area (Å²) in [6, 6.07) is 5.42. The van der Waals surface area contributed by atoms with Gasteiger partial charge in [-0.05, 0) is 63.1 Å². The Morgan fingerprint density at radius 3 is 2.51 bits per heavy atom. The highest BCUT2D eigenvalue weighted by atomic mass is 32.1. The Hall–Kier alpha value is -3.00. The maximum absolute atomic E-state index is 13.4. The Kier molecular flexibility index (Phi) is 8.48. The summed E-state index contributed by atoms with van der Waals surface area (Å²) < 4.78 is 0. The lowest BCUT2D eigenvalue weighted by Gasteiger charge is -2.30. The summed E-state index contributed by atoms with van der Waals surface area (Å²) in [5.74, 6) is -1.84. The summed E-state index contributed by atoms with van der Waals surface area (Å²) in [5.41, 5.74) is 12.1. The predicted octanol–water partition coefficient (Wildman–Crippen LogP) is 4.30. The fourth-order valence-electron chi connectivity index (χ4n) is 4.80. The van der Waals surface area contributed by atoms with E-state index in [9.17, 15) is 14.4 Å². The van der Waals surface area contributed by atoms with Crippen molar-refractivity contribution in [1.29, 1.82) is 0 Å². The van der Waals surface area contributed by atoms with Crippen LogP contribution in [0.1, 0.15) is 63.4 Å². The molecule has 0 radical (unpaired) electrons. The van der Waals surface area contributed by atoms with Crippen LogP contribution in [0.5, 0.6) is 0 Å². The number of rotatable bonds is 8. The number of nitrogens with zero attached hydrogens (tertiary/aromatic N) is 2. The van der Waals surface area contributed by atoms with Crippen LogP contribution in [-0.4, -0.2) is 40.1 Å². The Morgan fingerprint density at radius 1 is 1.23 bits per heavy atom. The van der Waals surface area contributed by atoms with E-state index < -0.39 is 12.0 Å². The van der Waals surface area contributed by atoms with Crippen molar-refractivity contribution in [2.45, 2.75) is 66.5 Å². The number of thiazole rings is 1. The number of nitrogens with one attached hydrogen (secondary N) is 1. The van der Waals surface area contributed by atoms with Crippen molar-refractivity contribution >= 4 is 28.9 Å². The molecule has 3 rings (SSSR count). The minimum atomic E-state index is -0.843. The Morgan fingerprint density at radius 2 is 1.94 bits per heavy atom.